The van der Waals surface area contributed by atoms with Crippen LogP contribution in [0.25, 0.3) is 0 Å². The Morgan fingerprint density at radius 3 is 2.44 bits per heavy atom. The van der Waals surface area contributed by atoms with Crippen molar-refractivity contribution >= 4 is 27.5 Å². The molecule has 7 nitrogen and oxygen atoms in total. The number of nitrogens with one attached hydrogen (secondary N) is 2. The highest BCUT2D eigenvalue weighted by Crippen LogP contribution is 2.27. The Kier molecular flexibility index (Phi) is 7.48. The van der Waals surface area contributed by atoms with Crippen molar-refractivity contribution in [2.24, 2.45) is 0 Å². The van der Waals surface area contributed by atoms with E-state index in [1.807, 2.05) is 37.3 Å². The van der Waals surface area contributed by atoms with Gasteiger partial charge < -0.3 is 10.6 Å². The third-order valence-corrected chi connectivity index (χ3v) is 7.57. The minimum Gasteiger partial charge on any atom is -0.347 e. The highest BCUT2D eigenvalue weighted by molar-refractivity contribution is 7.89. The molecule has 2 N–H and O–H groups in total. The molecular weight excluding hydrogens is 426 g/mol. The van der Waals surface area contributed by atoms with Gasteiger partial charge in [0, 0.05) is 30.7 Å². The Morgan fingerprint density at radius 1 is 1.09 bits per heavy atom. The molecule has 0 aliphatic carbocycles. The molecule has 1 heterocycles. The summed E-state index contributed by atoms with van der Waals surface area (Å²) in [7, 11) is -3.71. The van der Waals surface area contributed by atoms with Crippen LogP contribution in [-0.4, -0.2) is 43.2 Å². The van der Waals surface area contributed by atoms with E-state index >= 15 is 0 Å². The summed E-state index contributed by atoms with van der Waals surface area (Å²) < 4.78 is 27.7. The van der Waals surface area contributed by atoms with Gasteiger partial charge in [0.15, 0.2) is 0 Å². The lowest BCUT2D eigenvalue weighted by atomic mass is 9.90. The van der Waals surface area contributed by atoms with Crippen LogP contribution in [0.15, 0.2) is 72.1 Å². The largest absolute Gasteiger partial charge is 0.347 e. The first kappa shape index (κ1) is 23.7. The second-order valence-electron chi connectivity index (χ2n) is 8.22. The van der Waals surface area contributed by atoms with Gasteiger partial charge in [0.2, 0.25) is 21.8 Å². The van der Waals surface area contributed by atoms with E-state index in [0.29, 0.717) is 44.5 Å². The molecule has 2 aromatic rings. The van der Waals surface area contributed by atoms with Gasteiger partial charge in [0.05, 0.1) is 4.90 Å². The maximum absolute atomic E-state index is 13.1. The van der Waals surface area contributed by atoms with Crippen LogP contribution in [0.4, 0.5) is 5.69 Å². The van der Waals surface area contributed by atoms with Crippen molar-refractivity contribution in [2.45, 2.75) is 43.0 Å². The molecule has 1 saturated heterocycles. The molecule has 32 heavy (non-hydrogen) atoms. The molecule has 0 unspecified atom stereocenters. The third-order valence-electron chi connectivity index (χ3n) is 5.68. The summed E-state index contributed by atoms with van der Waals surface area (Å²) in [4.78, 5) is 24.1. The lowest BCUT2D eigenvalue weighted by molar-refractivity contribution is -0.118. The van der Waals surface area contributed by atoms with Gasteiger partial charge >= 0.3 is 0 Å². The second-order valence-corrected chi connectivity index (χ2v) is 10.2. The fourth-order valence-corrected chi connectivity index (χ4v) is 5.19. The van der Waals surface area contributed by atoms with E-state index in [1.54, 1.807) is 12.1 Å². The molecule has 0 atom stereocenters. The molecule has 0 saturated carbocycles. The summed E-state index contributed by atoms with van der Waals surface area (Å²) >= 11 is 0. The van der Waals surface area contributed by atoms with Crippen molar-refractivity contribution in [2.75, 3.05) is 18.4 Å². The van der Waals surface area contributed by atoms with Crippen LogP contribution in [0.3, 0.4) is 0 Å². The Bertz CT molecular complexity index is 1080. The van der Waals surface area contributed by atoms with Crippen molar-refractivity contribution in [3.8, 4) is 0 Å². The summed E-state index contributed by atoms with van der Waals surface area (Å²) in [5, 5.41) is 5.68. The molecule has 1 fully saturated rings. The number of piperidine rings is 1. The molecule has 3 rings (SSSR count). The summed E-state index contributed by atoms with van der Waals surface area (Å²) in [5.41, 5.74) is 1.05. The Labute approximate surface area is 189 Å². The number of anilines is 1. The lowest BCUT2D eigenvalue weighted by Crippen LogP contribution is -2.53. The zero-order chi connectivity index (χ0) is 23.2. The molecule has 0 bridgehead atoms. The Morgan fingerprint density at radius 2 is 1.78 bits per heavy atom. The monoisotopic (exact) mass is 455 g/mol. The fourth-order valence-electron chi connectivity index (χ4n) is 3.70. The number of hydrogen-bond acceptors (Lipinski definition) is 4. The number of sulfonamides is 1. The quantitative estimate of drug-likeness (QED) is 0.598. The van der Waals surface area contributed by atoms with Gasteiger partial charge in [-0.1, -0.05) is 43.0 Å². The normalized spacial score (nSPS) is 16.2. The van der Waals surface area contributed by atoms with E-state index in [0.717, 1.165) is 5.56 Å². The standard InChI is InChI=1S/C24H29N3O4S/c1-3-22(28)26-24(2)14-16-27(17-15-24)32(30,31)21-11-7-10-20(18-21)25-23(29)13-12-19-8-5-4-6-9-19/h3-11,18H,1,12-17H2,2H3,(H,25,29)(H,26,28). The number of aryl methyl sites for hydroxylation is 1. The number of carbonyl (C=O) groups is 2. The molecule has 8 heteroatoms. The number of amides is 2. The molecule has 2 aromatic carbocycles. The maximum atomic E-state index is 13.1. The first-order valence-electron chi connectivity index (χ1n) is 10.6. The molecule has 1 aliphatic heterocycles. The molecule has 1 aliphatic rings. The highest BCUT2D eigenvalue weighted by Gasteiger charge is 2.36. The van der Waals surface area contributed by atoms with Crippen LogP contribution in [0.1, 0.15) is 31.7 Å². The van der Waals surface area contributed by atoms with E-state index in [1.165, 1.54) is 22.5 Å². The van der Waals surface area contributed by atoms with Gasteiger partial charge in [-0.15, -0.1) is 0 Å². The SMILES string of the molecule is C=CC(=O)NC1(C)CCN(S(=O)(=O)c2cccc(NC(=O)CCc3ccccc3)c2)CC1. The second kappa shape index (κ2) is 10.1. The summed E-state index contributed by atoms with van der Waals surface area (Å²) in [5.74, 6) is -0.436. The molecule has 0 aromatic heterocycles. The molecule has 2 amide bonds. The lowest BCUT2D eigenvalue weighted by Gasteiger charge is -2.39. The zero-order valence-electron chi connectivity index (χ0n) is 18.2. The fraction of sp³-hybridized carbons (Fsp3) is 0.333. The maximum Gasteiger partial charge on any atom is 0.243 e. The molecular formula is C24H29N3O4S. The van der Waals surface area contributed by atoms with Gasteiger partial charge in [-0.25, -0.2) is 8.42 Å². The van der Waals surface area contributed by atoms with Crippen LogP contribution in [-0.2, 0) is 26.0 Å². The van der Waals surface area contributed by atoms with Crippen molar-refractivity contribution < 1.29 is 18.0 Å². The zero-order valence-corrected chi connectivity index (χ0v) is 19.0. The first-order valence-corrected chi connectivity index (χ1v) is 12.0. The summed E-state index contributed by atoms with van der Waals surface area (Å²) in [6.07, 6.45) is 3.14. The number of benzene rings is 2. The van der Waals surface area contributed by atoms with E-state index < -0.39 is 15.6 Å². The molecule has 0 spiro atoms. The Balaban J connectivity index is 1.61. The van der Waals surface area contributed by atoms with Crippen molar-refractivity contribution in [3.05, 3.63) is 72.8 Å². The van der Waals surface area contributed by atoms with E-state index in [-0.39, 0.29) is 16.7 Å². The van der Waals surface area contributed by atoms with Gasteiger partial charge in [-0.3, -0.25) is 9.59 Å². The molecule has 170 valence electrons. The smallest absolute Gasteiger partial charge is 0.243 e. The van der Waals surface area contributed by atoms with Crippen LogP contribution in [0.5, 0.6) is 0 Å². The Hall–Kier alpha value is -2.97. The molecule has 0 radical (unpaired) electrons. The van der Waals surface area contributed by atoms with Crippen molar-refractivity contribution in [3.63, 3.8) is 0 Å². The number of carbonyl (C=O) groups excluding carboxylic acids is 2. The van der Waals surface area contributed by atoms with Crippen LogP contribution in [0.2, 0.25) is 0 Å². The van der Waals surface area contributed by atoms with Gasteiger partial charge in [-0.2, -0.15) is 4.31 Å². The van der Waals surface area contributed by atoms with Gasteiger partial charge in [0.1, 0.15) is 0 Å². The number of hydrogen-bond donors (Lipinski definition) is 2. The van der Waals surface area contributed by atoms with Crippen LogP contribution < -0.4 is 10.6 Å². The van der Waals surface area contributed by atoms with E-state index in [2.05, 4.69) is 17.2 Å². The van der Waals surface area contributed by atoms with Crippen molar-refractivity contribution in [1.82, 2.24) is 9.62 Å². The predicted molar refractivity (Wildman–Crippen MR) is 125 cm³/mol. The van der Waals surface area contributed by atoms with Crippen molar-refractivity contribution in [1.29, 1.82) is 0 Å². The van der Waals surface area contributed by atoms with Crippen LogP contribution in [0, 0.1) is 0 Å². The number of nitrogens with zero attached hydrogens (tertiary/aromatic N) is 1. The van der Waals surface area contributed by atoms with Gasteiger partial charge in [0.25, 0.3) is 0 Å². The number of rotatable bonds is 8. The summed E-state index contributed by atoms with van der Waals surface area (Å²) in [6, 6.07) is 16.0. The minimum absolute atomic E-state index is 0.136. The first-order chi connectivity index (χ1) is 15.2. The third kappa shape index (κ3) is 6.05. The van der Waals surface area contributed by atoms with E-state index in [4.69, 9.17) is 0 Å². The summed E-state index contributed by atoms with van der Waals surface area (Å²) in [6.45, 7) is 5.96. The highest BCUT2D eigenvalue weighted by atomic mass is 32.2. The van der Waals surface area contributed by atoms with E-state index in [9.17, 15) is 18.0 Å². The van der Waals surface area contributed by atoms with Gasteiger partial charge in [-0.05, 0) is 56.0 Å². The average Bonchev–Trinajstić information content (AvgIpc) is 2.78. The minimum atomic E-state index is -3.71. The van der Waals surface area contributed by atoms with Crippen LogP contribution >= 0.6 is 0 Å². The predicted octanol–water partition coefficient (Wildman–Crippen LogP) is 3.10. The average molecular weight is 456 g/mol. The topological polar surface area (TPSA) is 95.6 Å².